The normalized spacial score (nSPS) is 23.3. The number of piperidine rings is 1. The minimum absolute atomic E-state index is 0.0176. The summed E-state index contributed by atoms with van der Waals surface area (Å²) in [4.78, 5) is 13.2. The second kappa shape index (κ2) is 5.99. The molecule has 2 unspecified atom stereocenters. The minimum Gasteiger partial charge on any atom is -0.453 e. The predicted molar refractivity (Wildman–Crippen MR) is 75.5 cm³/mol. The van der Waals surface area contributed by atoms with Crippen LogP contribution < -0.4 is 5.73 Å². The van der Waals surface area contributed by atoms with Crippen LogP contribution in [-0.4, -0.2) is 30.8 Å². The Balaban J connectivity index is 2.26. The lowest BCUT2D eigenvalue weighted by Gasteiger charge is -2.38. The second-order valence-corrected chi connectivity index (χ2v) is 5.48. The first-order chi connectivity index (χ1) is 9.02. The van der Waals surface area contributed by atoms with Crippen molar-refractivity contribution >= 4 is 29.3 Å². The lowest BCUT2D eigenvalue weighted by atomic mass is 9.88. The zero-order valence-electron chi connectivity index (χ0n) is 10.6. The van der Waals surface area contributed by atoms with Gasteiger partial charge in [-0.05, 0) is 36.6 Å². The Morgan fingerprint density at radius 1 is 1.37 bits per heavy atom. The highest BCUT2D eigenvalue weighted by molar-refractivity contribution is 6.34. The van der Waals surface area contributed by atoms with Gasteiger partial charge in [0.25, 0.3) is 0 Å². The number of benzene rings is 1. The molecule has 0 aromatic heterocycles. The van der Waals surface area contributed by atoms with Crippen molar-refractivity contribution in [2.75, 3.05) is 13.7 Å². The Labute approximate surface area is 122 Å². The molecule has 0 saturated carbocycles. The quantitative estimate of drug-likeness (QED) is 0.866. The second-order valence-electron chi connectivity index (χ2n) is 4.61. The molecule has 19 heavy (non-hydrogen) atoms. The number of nitrogens with zero attached hydrogens (tertiary/aromatic N) is 1. The van der Waals surface area contributed by atoms with Crippen LogP contribution >= 0.6 is 23.2 Å². The van der Waals surface area contributed by atoms with Crippen LogP contribution in [0, 0.1) is 0 Å². The van der Waals surface area contributed by atoms with Gasteiger partial charge in [-0.15, -0.1) is 0 Å². The molecule has 1 amide bonds. The van der Waals surface area contributed by atoms with Crippen molar-refractivity contribution < 1.29 is 9.53 Å². The number of halogens is 2. The monoisotopic (exact) mass is 302 g/mol. The van der Waals surface area contributed by atoms with Gasteiger partial charge in [0.1, 0.15) is 0 Å². The van der Waals surface area contributed by atoms with Crippen molar-refractivity contribution in [3.8, 4) is 0 Å². The van der Waals surface area contributed by atoms with E-state index in [0.717, 1.165) is 18.4 Å². The third kappa shape index (κ3) is 3.14. The van der Waals surface area contributed by atoms with Gasteiger partial charge in [-0.25, -0.2) is 4.79 Å². The van der Waals surface area contributed by atoms with Gasteiger partial charge in [-0.3, -0.25) is 4.90 Å². The van der Waals surface area contributed by atoms with Crippen LogP contribution in [0.5, 0.6) is 0 Å². The van der Waals surface area contributed by atoms with Gasteiger partial charge in [0.2, 0.25) is 0 Å². The van der Waals surface area contributed by atoms with E-state index in [2.05, 4.69) is 0 Å². The molecule has 1 aliphatic rings. The maximum Gasteiger partial charge on any atom is 0.410 e. The zero-order valence-corrected chi connectivity index (χ0v) is 12.1. The number of carbonyl (C=O) groups excluding carboxylic acids is 1. The summed E-state index contributed by atoms with van der Waals surface area (Å²) in [6.07, 6.45) is 0.948. The Bertz CT molecular complexity index is 461. The Morgan fingerprint density at radius 2 is 2.00 bits per heavy atom. The molecule has 1 heterocycles. The van der Waals surface area contributed by atoms with Crippen molar-refractivity contribution in [3.63, 3.8) is 0 Å². The fraction of sp³-hybridized carbons (Fsp3) is 0.462. The van der Waals surface area contributed by atoms with Crippen molar-refractivity contribution in [3.05, 3.63) is 33.8 Å². The molecule has 0 spiro atoms. The average Bonchev–Trinajstić information content (AvgIpc) is 2.37. The molecule has 6 heteroatoms. The van der Waals surface area contributed by atoms with E-state index in [4.69, 9.17) is 33.7 Å². The summed E-state index contributed by atoms with van der Waals surface area (Å²) in [5, 5.41) is 1.15. The summed E-state index contributed by atoms with van der Waals surface area (Å²) in [7, 11) is 1.36. The highest BCUT2D eigenvalue weighted by Crippen LogP contribution is 2.33. The maximum atomic E-state index is 11.7. The van der Waals surface area contributed by atoms with E-state index < -0.39 is 12.3 Å². The third-order valence-corrected chi connectivity index (χ3v) is 3.84. The number of ether oxygens (including phenoxy) is 1. The van der Waals surface area contributed by atoms with Crippen LogP contribution in [0.4, 0.5) is 4.79 Å². The van der Waals surface area contributed by atoms with Crippen molar-refractivity contribution in [1.82, 2.24) is 4.90 Å². The average molecular weight is 303 g/mol. The number of nitrogens with two attached hydrogens (primary N) is 1. The van der Waals surface area contributed by atoms with Crippen molar-refractivity contribution in [1.29, 1.82) is 0 Å². The fourth-order valence-corrected chi connectivity index (χ4v) is 3.04. The first-order valence-electron chi connectivity index (χ1n) is 6.09. The number of likely N-dealkylation sites (tertiary alicyclic amines) is 1. The molecule has 4 nitrogen and oxygen atoms in total. The molecule has 1 aromatic carbocycles. The van der Waals surface area contributed by atoms with Crippen LogP contribution in [0.1, 0.15) is 24.3 Å². The lowest BCUT2D eigenvalue weighted by Crippen LogP contribution is -2.52. The molecule has 2 N–H and O–H groups in total. The SMILES string of the molecule is COC(=O)N1CCCC(c2cc(Cl)cc(Cl)c2)C1N. The molecule has 2 rings (SSSR count). The summed E-state index contributed by atoms with van der Waals surface area (Å²) in [5.74, 6) is 0.0176. The van der Waals surface area contributed by atoms with Crippen LogP contribution in [0.15, 0.2) is 18.2 Å². The standard InChI is InChI=1S/C13H16Cl2N2O2/c1-19-13(18)17-4-2-3-11(12(17)16)8-5-9(14)7-10(15)6-8/h5-7,11-12H,2-4,16H2,1H3. The van der Waals surface area contributed by atoms with Crippen LogP contribution in [0.2, 0.25) is 10.0 Å². The van der Waals surface area contributed by atoms with E-state index in [1.54, 1.807) is 11.0 Å². The molecule has 1 fully saturated rings. The molecule has 1 aromatic rings. The zero-order chi connectivity index (χ0) is 14.0. The topological polar surface area (TPSA) is 55.6 Å². The predicted octanol–water partition coefficient (Wildman–Crippen LogP) is 3.22. The van der Waals surface area contributed by atoms with Crippen LogP contribution in [0.25, 0.3) is 0 Å². The van der Waals surface area contributed by atoms with Gasteiger partial charge in [-0.2, -0.15) is 0 Å². The van der Waals surface area contributed by atoms with E-state index in [0.29, 0.717) is 16.6 Å². The minimum atomic E-state index is -0.421. The fourth-order valence-electron chi connectivity index (χ4n) is 2.50. The summed E-state index contributed by atoms with van der Waals surface area (Å²) in [6, 6.07) is 5.37. The van der Waals surface area contributed by atoms with Gasteiger partial charge < -0.3 is 10.5 Å². The van der Waals surface area contributed by atoms with Gasteiger partial charge >= 0.3 is 6.09 Å². The molecule has 0 aliphatic carbocycles. The molecule has 1 saturated heterocycles. The summed E-state index contributed by atoms with van der Waals surface area (Å²) in [5.41, 5.74) is 7.13. The lowest BCUT2D eigenvalue weighted by molar-refractivity contribution is 0.0831. The van der Waals surface area contributed by atoms with Crippen molar-refractivity contribution in [2.45, 2.75) is 24.9 Å². The van der Waals surface area contributed by atoms with Gasteiger partial charge in [-0.1, -0.05) is 23.2 Å². The molecular weight excluding hydrogens is 287 g/mol. The Morgan fingerprint density at radius 3 is 2.58 bits per heavy atom. The summed E-state index contributed by atoms with van der Waals surface area (Å²) >= 11 is 12.0. The van der Waals surface area contributed by atoms with Crippen LogP contribution in [-0.2, 0) is 4.74 Å². The first kappa shape index (κ1) is 14.4. The number of methoxy groups -OCH3 is 1. The van der Waals surface area contributed by atoms with E-state index in [9.17, 15) is 4.79 Å². The van der Waals surface area contributed by atoms with E-state index in [1.807, 2.05) is 12.1 Å². The molecule has 0 bridgehead atoms. The first-order valence-corrected chi connectivity index (χ1v) is 6.84. The van der Waals surface area contributed by atoms with Crippen LogP contribution in [0.3, 0.4) is 0 Å². The Hall–Kier alpha value is -0.970. The Kier molecular flexibility index (Phi) is 4.55. The smallest absolute Gasteiger partial charge is 0.410 e. The van der Waals surface area contributed by atoms with E-state index in [-0.39, 0.29) is 5.92 Å². The summed E-state index contributed by atoms with van der Waals surface area (Å²) in [6.45, 7) is 0.610. The number of hydrogen-bond donors (Lipinski definition) is 1. The third-order valence-electron chi connectivity index (χ3n) is 3.41. The molecule has 0 radical (unpaired) electrons. The largest absolute Gasteiger partial charge is 0.453 e. The maximum absolute atomic E-state index is 11.7. The number of carbonyl (C=O) groups is 1. The number of rotatable bonds is 1. The van der Waals surface area contributed by atoms with E-state index in [1.165, 1.54) is 7.11 Å². The molecular formula is C13H16Cl2N2O2. The summed E-state index contributed by atoms with van der Waals surface area (Å²) < 4.78 is 4.75. The highest BCUT2D eigenvalue weighted by atomic mass is 35.5. The molecule has 2 atom stereocenters. The number of amides is 1. The molecule has 104 valence electrons. The van der Waals surface area contributed by atoms with Gasteiger partial charge in [0.05, 0.1) is 13.3 Å². The number of hydrogen-bond acceptors (Lipinski definition) is 3. The van der Waals surface area contributed by atoms with E-state index >= 15 is 0 Å². The van der Waals surface area contributed by atoms with Gasteiger partial charge in [0, 0.05) is 22.5 Å². The highest BCUT2D eigenvalue weighted by Gasteiger charge is 2.33. The van der Waals surface area contributed by atoms with Crippen molar-refractivity contribution in [2.24, 2.45) is 5.73 Å². The van der Waals surface area contributed by atoms with Gasteiger partial charge in [0.15, 0.2) is 0 Å². The molecule has 1 aliphatic heterocycles.